The van der Waals surface area contributed by atoms with Crippen molar-refractivity contribution in [3.8, 4) is 5.75 Å². The number of thiophene rings is 1. The molecule has 6 nitrogen and oxygen atoms in total. The van der Waals surface area contributed by atoms with Gasteiger partial charge >= 0.3 is 7.82 Å². The van der Waals surface area contributed by atoms with Crippen LogP contribution in [-0.2, 0) is 31.6 Å². The molecule has 0 saturated heterocycles. The van der Waals surface area contributed by atoms with Gasteiger partial charge in [0.15, 0.2) is 5.75 Å². The summed E-state index contributed by atoms with van der Waals surface area (Å²) in [6.07, 6.45) is 2.16. The highest BCUT2D eigenvalue weighted by Gasteiger charge is 2.73. The monoisotopic (exact) mass is 667 g/mol. The Kier molecular flexibility index (Phi) is 7.72. The van der Waals surface area contributed by atoms with Crippen LogP contribution in [0, 0.1) is 17.8 Å². The average Bonchev–Trinajstić information content (AvgIpc) is 3.55. The molecule has 2 heterocycles. The lowest BCUT2D eigenvalue weighted by Crippen LogP contribution is -2.68. The summed E-state index contributed by atoms with van der Waals surface area (Å²) in [5.74, 6) is 0.765. The second-order valence-corrected chi connectivity index (χ2v) is 15.5. The second kappa shape index (κ2) is 11.3. The van der Waals surface area contributed by atoms with Crippen molar-refractivity contribution in [2.45, 2.75) is 45.3 Å². The van der Waals surface area contributed by atoms with Crippen LogP contribution in [0.3, 0.4) is 0 Å². The quantitative estimate of drug-likeness (QED) is 0.118. The summed E-state index contributed by atoms with van der Waals surface area (Å²) in [5.41, 5.74) is 3.94. The smallest absolute Gasteiger partial charge is 0.402 e. The van der Waals surface area contributed by atoms with Gasteiger partial charge in [-0.2, -0.15) is 0 Å². The molecule has 0 unspecified atom stereocenters. The average molecular weight is 669 g/mol. The highest BCUT2D eigenvalue weighted by molar-refractivity contribution is 7.49. The maximum Gasteiger partial charge on any atom is 0.530 e. The van der Waals surface area contributed by atoms with Gasteiger partial charge in [0.2, 0.25) is 5.91 Å². The Balaban J connectivity index is 1.25. The zero-order valence-corrected chi connectivity index (χ0v) is 27.5. The third kappa shape index (κ3) is 5.02. The van der Waals surface area contributed by atoms with Crippen LogP contribution in [0.2, 0.25) is 0 Å². The van der Waals surface area contributed by atoms with E-state index in [4.69, 9.17) is 36.8 Å². The second-order valence-electron chi connectivity index (χ2n) is 12.2. The number of anilines is 1. The van der Waals surface area contributed by atoms with Crippen molar-refractivity contribution in [1.82, 2.24) is 0 Å². The summed E-state index contributed by atoms with van der Waals surface area (Å²) >= 11 is 14.3. The normalized spacial score (nSPS) is 23.6. The predicted octanol–water partition coefficient (Wildman–Crippen LogP) is 9.72. The Morgan fingerprint density at radius 3 is 2.16 bits per heavy atom. The number of aryl methyl sites for hydroxylation is 1. The first-order valence-electron chi connectivity index (χ1n) is 14.6. The number of rotatable bonds is 11. The Morgan fingerprint density at radius 2 is 1.61 bits per heavy atom. The molecule has 2 bridgehead atoms. The van der Waals surface area contributed by atoms with E-state index in [0.717, 1.165) is 57.3 Å². The minimum atomic E-state index is -4.14. The van der Waals surface area contributed by atoms with Gasteiger partial charge in [-0.1, -0.05) is 78.8 Å². The molecule has 1 atom stereocenters. The highest BCUT2D eigenvalue weighted by atomic mass is 35.5. The summed E-state index contributed by atoms with van der Waals surface area (Å²) in [6, 6.07) is 20.8. The Labute approximate surface area is 271 Å². The number of carbonyl (C=O) groups excluding carboxylic acids is 1. The van der Waals surface area contributed by atoms with Crippen molar-refractivity contribution < 1.29 is 22.9 Å². The van der Waals surface area contributed by atoms with Gasteiger partial charge in [0, 0.05) is 40.2 Å². The van der Waals surface area contributed by atoms with Crippen LogP contribution in [0.4, 0.5) is 5.69 Å². The van der Waals surface area contributed by atoms with Crippen molar-refractivity contribution in [3.63, 3.8) is 0 Å². The number of phosphoric ester groups is 1. The van der Waals surface area contributed by atoms with Crippen molar-refractivity contribution in [3.05, 3.63) is 106 Å². The predicted molar refractivity (Wildman–Crippen MR) is 177 cm³/mol. The summed E-state index contributed by atoms with van der Waals surface area (Å²) < 4.78 is 33.4. The van der Waals surface area contributed by atoms with Gasteiger partial charge in [-0.05, 0) is 53.8 Å². The summed E-state index contributed by atoms with van der Waals surface area (Å²) in [4.78, 5) is 16.0. The van der Waals surface area contributed by atoms with Gasteiger partial charge in [0.1, 0.15) is 0 Å². The maximum atomic E-state index is 14.4. The van der Waals surface area contributed by atoms with E-state index in [1.54, 1.807) is 0 Å². The Hall–Kier alpha value is -2.64. The third-order valence-corrected chi connectivity index (χ3v) is 12.5. The van der Waals surface area contributed by atoms with E-state index < -0.39 is 13.2 Å². The van der Waals surface area contributed by atoms with E-state index in [9.17, 15) is 9.36 Å². The molecule has 1 amide bonds. The number of alkyl halides is 1. The molecule has 3 aliphatic carbocycles. The van der Waals surface area contributed by atoms with E-state index in [1.807, 2.05) is 83.9 Å². The Morgan fingerprint density at radius 1 is 1.02 bits per heavy atom. The summed E-state index contributed by atoms with van der Waals surface area (Å²) in [7, 11) is -4.14. The van der Waals surface area contributed by atoms with Crippen LogP contribution in [0.1, 0.15) is 47.4 Å². The van der Waals surface area contributed by atoms with Gasteiger partial charge in [-0.25, -0.2) is 4.57 Å². The van der Waals surface area contributed by atoms with Gasteiger partial charge in [0.05, 0.1) is 29.0 Å². The van der Waals surface area contributed by atoms with Crippen molar-refractivity contribution >= 4 is 64.0 Å². The fourth-order valence-corrected chi connectivity index (χ4v) is 9.75. The standard InChI is InChI=1S/C34H32Cl2NO5PS/c1-22-18-44-31-28(42-43(39,40-16-24-9-5-3-6-10-24)41-17-25-11-7-4-8-12-25)13-27-30(29(22)31)26(14-35)15-37(27)32(38)34-19-33(20-34,21-34)23(2)36/h3-13,18,26H,2,14-17,19-21H2,1H3/t26-,33?,34?/m1/s1. The van der Waals surface area contributed by atoms with Crippen LogP contribution in [0.25, 0.3) is 10.1 Å². The molecule has 0 N–H and O–H groups in total. The molecule has 10 heteroatoms. The van der Waals surface area contributed by atoms with Gasteiger partial charge in [0.25, 0.3) is 0 Å². The molecule has 1 aromatic heterocycles. The van der Waals surface area contributed by atoms with Crippen molar-refractivity contribution in [2.75, 3.05) is 17.3 Å². The number of fused-ring (bicyclic) bond motifs is 3. The number of carbonyl (C=O) groups is 1. The first-order valence-corrected chi connectivity index (χ1v) is 17.9. The molecular weight excluding hydrogens is 636 g/mol. The largest absolute Gasteiger partial charge is 0.530 e. The molecule has 4 aliphatic rings. The summed E-state index contributed by atoms with van der Waals surface area (Å²) in [6.45, 7) is 6.54. The summed E-state index contributed by atoms with van der Waals surface area (Å²) in [5, 5.41) is 3.66. The zero-order valence-electron chi connectivity index (χ0n) is 24.3. The SMILES string of the molecule is C=C(Cl)C12CC(C(=O)N3C[C@@H](CCl)c4c3cc(OP(=O)(OCc3ccccc3)OCc3ccccc3)c3scc(C)c43)(C1)C2. The number of hydrogen-bond acceptors (Lipinski definition) is 6. The maximum absolute atomic E-state index is 14.4. The lowest BCUT2D eigenvalue weighted by molar-refractivity contribution is -0.186. The lowest BCUT2D eigenvalue weighted by atomic mass is 9.34. The Bertz CT molecular complexity index is 1740. The van der Waals surface area contributed by atoms with Crippen LogP contribution in [-0.4, -0.2) is 18.3 Å². The number of benzene rings is 3. The number of hydrogen-bond donors (Lipinski definition) is 0. The van der Waals surface area contributed by atoms with E-state index >= 15 is 0 Å². The topological polar surface area (TPSA) is 65.1 Å². The number of allylic oxidation sites excluding steroid dienone is 1. The lowest BCUT2D eigenvalue weighted by Gasteiger charge is -2.69. The van der Waals surface area contributed by atoms with Gasteiger partial charge in [-0.15, -0.1) is 22.9 Å². The van der Waals surface area contributed by atoms with Crippen LogP contribution in [0.15, 0.2) is 83.7 Å². The molecule has 3 saturated carbocycles. The molecule has 0 radical (unpaired) electrons. The fraction of sp³-hybridized carbons (Fsp3) is 0.324. The number of nitrogens with zero attached hydrogens (tertiary/aromatic N) is 1. The first-order chi connectivity index (χ1) is 21.2. The van der Waals surface area contributed by atoms with Crippen molar-refractivity contribution in [2.24, 2.45) is 10.8 Å². The van der Waals surface area contributed by atoms with E-state index in [2.05, 4.69) is 6.58 Å². The molecular formula is C34H32Cl2NO5PS. The van der Waals surface area contributed by atoms with Crippen LogP contribution >= 0.6 is 42.4 Å². The first kappa shape index (κ1) is 30.0. The van der Waals surface area contributed by atoms with Gasteiger partial charge < -0.3 is 9.42 Å². The zero-order chi connectivity index (χ0) is 30.7. The molecule has 4 aromatic rings. The number of halogens is 2. The molecule has 8 rings (SSSR count). The van der Waals surface area contributed by atoms with Crippen molar-refractivity contribution in [1.29, 1.82) is 0 Å². The number of phosphoric acid groups is 1. The highest BCUT2D eigenvalue weighted by Crippen LogP contribution is 2.77. The van der Waals surface area contributed by atoms with Gasteiger partial charge in [-0.3, -0.25) is 13.8 Å². The third-order valence-electron chi connectivity index (χ3n) is 9.28. The number of amides is 1. The van der Waals surface area contributed by atoms with Crippen LogP contribution in [0.5, 0.6) is 5.75 Å². The molecule has 3 fully saturated rings. The molecule has 0 spiro atoms. The minimum absolute atomic E-state index is 0.0412. The van der Waals surface area contributed by atoms with E-state index in [0.29, 0.717) is 23.2 Å². The molecule has 3 aromatic carbocycles. The minimum Gasteiger partial charge on any atom is -0.402 e. The molecule has 1 aliphatic heterocycles. The van der Waals surface area contributed by atoms with E-state index in [-0.39, 0.29) is 30.5 Å². The van der Waals surface area contributed by atoms with E-state index in [1.165, 1.54) is 11.3 Å². The molecule has 44 heavy (non-hydrogen) atoms. The molecule has 228 valence electrons. The van der Waals surface area contributed by atoms with Crippen LogP contribution < -0.4 is 9.42 Å². The fourth-order valence-electron chi connectivity index (χ4n) is 7.04.